The fourth-order valence-corrected chi connectivity index (χ4v) is 3.28. The monoisotopic (exact) mass is 346 g/mol. The van der Waals surface area contributed by atoms with Crippen molar-refractivity contribution in [2.75, 3.05) is 14.2 Å². The van der Waals surface area contributed by atoms with E-state index in [9.17, 15) is 0 Å². The summed E-state index contributed by atoms with van der Waals surface area (Å²) in [5.74, 6) is 1.61. The summed E-state index contributed by atoms with van der Waals surface area (Å²) >= 11 is 0. The van der Waals surface area contributed by atoms with Crippen molar-refractivity contribution < 1.29 is 9.47 Å². The minimum atomic E-state index is 0.805. The number of ether oxygens (including phenoxy) is 2. The molecule has 0 saturated heterocycles. The summed E-state index contributed by atoms with van der Waals surface area (Å²) in [5, 5.41) is 0. The van der Waals surface area contributed by atoms with Crippen molar-refractivity contribution in [3.8, 4) is 11.5 Å². The first kappa shape index (κ1) is 18.1. The number of rotatable bonds is 8. The zero-order valence-electron chi connectivity index (χ0n) is 15.6. The standard InChI is InChI=1S/C24H26O2/c1-25-23-17-21(15-13-19-9-5-3-6-10-19)22(18-24(23)26-2)16-14-20-11-7-4-8-12-20/h3-12,17-18H,13-16H2,1-2H3. The highest BCUT2D eigenvalue weighted by Crippen LogP contribution is 2.32. The van der Waals surface area contributed by atoms with Crippen molar-refractivity contribution in [1.82, 2.24) is 0 Å². The van der Waals surface area contributed by atoms with Crippen molar-refractivity contribution >= 4 is 0 Å². The van der Waals surface area contributed by atoms with Crippen LogP contribution in [0.3, 0.4) is 0 Å². The molecule has 3 aromatic carbocycles. The molecule has 0 aliphatic carbocycles. The van der Waals surface area contributed by atoms with Crippen LogP contribution in [0.15, 0.2) is 72.8 Å². The van der Waals surface area contributed by atoms with Gasteiger partial charge in [-0.25, -0.2) is 0 Å². The number of hydrogen-bond donors (Lipinski definition) is 0. The van der Waals surface area contributed by atoms with Crippen LogP contribution in [0.2, 0.25) is 0 Å². The van der Waals surface area contributed by atoms with E-state index in [0.717, 1.165) is 37.2 Å². The first-order chi connectivity index (χ1) is 12.8. The van der Waals surface area contributed by atoms with E-state index in [1.807, 2.05) is 0 Å². The van der Waals surface area contributed by atoms with Gasteiger partial charge in [-0.2, -0.15) is 0 Å². The molecule has 0 amide bonds. The van der Waals surface area contributed by atoms with E-state index in [2.05, 4.69) is 72.8 Å². The van der Waals surface area contributed by atoms with E-state index in [1.165, 1.54) is 22.3 Å². The molecule has 0 saturated carbocycles. The molecular weight excluding hydrogens is 320 g/mol. The van der Waals surface area contributed by atoms with Gasteiger partial charge in [-0.15, -0.1) is 0 Å². The van der Waals surface area contributed by atoms with Crippen LogP contribution in [0, 0.1) is 0 Å². The molecule has 0 aliphatic heterocycles. The van der Waals surface area contributed by atoms with E-state index in [4.69, 9.17) is 9.47 Å². The number of methoxy groups -OCH3 is 2. The van der Waals surface area contributed by atoms with Gasteiger partial charge in [-0.05, 0) is 60.1 Å². The van der Waals surface area contributed by atoms with Crippen LogP contribution in [0.1, 0.15) is 22.3 Å². The minimum absolute atomic E-state index is 0.805. The third-order valence-corrected chi connectivity index (χ3v) is 4.76. The molecule has 0 fully saturated rings. The van der Waals surface area contributed by atoms with Crippen LogP contribution in [0.25, 0.3) is 0 Å². The van der Waals surface area contributed by atoms with Crippen molar-refractivity contribution in [2.45, 2.75) is 25.7 Å². The Morgan fingerprint density at radius 3 is 1.27 bits per heavy atom. The summed E-state index contributed by atoms with van der Waals surface area (Å²) in [6.45, 7) is 0. The molecule has 2 nitrogen and oxygen atoms in total. The van der Waals surface area contributed by atoms with Crippen LogP contribution in [-0.4, -0.2) is 14.2 Å². The maximum Gasteiger partial charge on any atom is 0.161 e. The van der Waals surface area contributed by atoms with Crippen LogP contribution >= 0.6 is 0 Å². The fraction of sp³-hybridized carbons (Fsp3) is 0.250. The van der Waals surface area contributed by atoms with Gasteiger partial charge in [0.1, 0.15) is 0 Å². The molecule has 26 heavy (non-hydrogen) atoms. The zero-order chi connectivity index (χ0) is 18.2. The number of hydrogen-bond acceptors (Lipinski definition) is 2. The molecule has 0 atom stereocenters. The van der Waals surface area contributed by atoms with Crippen LogP contribution in [0.5, 0.6) is 11.5 Å². The summed E-state index contributed by atoms with van der Waals surface area (Å²) in [6.07, 6.45) is 4.03. The lowest BCUT2D eigenvalue weighted by Crippen LogP contribution is -2.02. The summed E-state index contributed by atoms with van der Waals surface area (Å²) < 4.78 is 11.0. The van der Waals surface area contributed by atoms with E-state index < -0.39 is 0 Å². The van der Waals surface area contributed by atoms with Gasteiger partial charge in [0.25, 0.3) is 0 Å². The van der Waals surface area contributed by atoms with Crippen LogP contribution in [-0.2, 0) is 25.7 Å². The summed E-state index contributed by atoms with van der Waals surface area (Å²) in [4.78, 5) is 0. The molecule has 0 heterocycles. The molecule has 0 radical (unpaired) electrons. The molecule has 3 aromatic rings. The molecule has 0 N–H and O–H groups in total. The highest BCUT2D eigenvalue weighted by Gasteiger charge is 2.11. The van der Waals surface area contributed by atoms with Gasteiger partial charge in [0.2, 0.25) is 0 Å². The second-order valence-corrected chi connectivity index (χ2v) is 6.45. The average molecular weight is 346 g/mol. The molecule has 0 spiro atoms. The second-order valence-electron chi connectivity index (χ2n) is 6.45. The molecule has 0 aliphatic rings. The summed E-state index contributed by atoms with van der Waals surface area (Å²) in [5.41, 5.74) is 5.39. The van der Waals surface area contributed by atoms with Crippen LogP contribution in [0.4, 0.5) is 0 Å². The first-order valence-corrected chi connectivity index (χ1v) is 9.12. The normalized spacial score (nSPS) is 10.5. The van der Waals surface area contributed by atoms with Gasteiger partial charge in [0, 0.05) is 0 Å². The Labute approximate surface area is 156 Å². The largest absolute Gasteiger partial charge is 0.493 e. The third kappa shape index (κ3) is 4.66. The maximum atomic E-state index is 5.52. The first-order valence-electron chi connectivity index (χ1n) is 9.12. The lowest BCUT2D eigenvalue weighted by Gasteiger charge is -2.15. The predicted molar refractivity (Wildman–Crippen MR) is 107 cm³/mol. The third-order valence-electron chi connectivity index (χ3n) is 4.76. The number of aryl methyl sites for hydroxylation is 4. The Bertz CT molecular complexity index is 740. The quantitative estimate of drug-likeness (QED) is 0.553. The topological polar surface area (TPSA) is 18.5 Å². The Morgan fingerprint density at radius 2 is 0.923 bits per heavy atom. The summed E-state index contributed by atoms with van der Waals surface area (Å²) in [7, 11) is 3.39. The molecular formula is C24H26O2. The van der Waals surface area contributed by atoms with Gasteiger partial charge >= 0.3 is 0 Å². The summed E-state index contributed by atoms with van der Waals surface area (Å²) in [6, 6.07) is 25.5. The average Bonchev–Trinajstić information content (AvgIpc) is 2.72. The van der Waals surface area contributed by atoms with Crippen molar-refractivity contribution in [2.24, 2.45) is 0 Å². The van der Waals surface area contributed by atoms with E-state index in [0.29, 0.717) is 0 Å². The Morgan fingerprint density at radius 1 is 0.538 bits per heavy atom. The highest BCUT2D eigenvalue weighted by atomic mass is 16.5. The van der Waals surface area contributed by atoms with Gasteiger partial charge in [0.05, 0.1) is 14.2 Å². The van der Waals surface area contributed by atoms with E-state index >= 15 is 0 Å². The molecule has 0 unspecified atom stereocenters. The molecule has 0 aromatic heterocycles. The lowest BCUT2D eigenvalue weighted by atomic mass is 9.95. The van der Waals surface area contributed by atoms with Gasteiger partial charge in [-0.1, -0.05) is 60.7 Å². The molecule has 3 rings (SSSR count). The molecule has 0 bridgehead atoms. The van der Waals surface area contributed by atoms with E-state index in [-0.39, 0.29) is 0 Å². The Balaban J connectivity index is 1.82. The van der Waals surface area contributed by atoms with Gasteiger partial charge < -0.3 is 9.47 Å². The molecule has 2 heteroatoms. The smallest absolute Gasteiger partial charge is 0.161 e. The van der Waals surface area contributed by atoms with Gasteiger partial charge in [-0.3, -0.25) is 0 Å². The van der Waals surface area contributed by atoms with Gasteiger partial charge in [0.15, 0.2) is 11.5 Å². The second kappa shape index (κ2) is 9.10. The van der Waals surface area contributed by atoms with Crippen LogP contribution < -0.4 is 9.47 Å². The van der Waals surface area contributed by atoms with Crippen molar-refractivity contribution in [3.63, 3.8) is 0 Å². The Kier molecular flexibility index (Phi) is 6.32. The minimum Gasteiger partial charge on any atom is -0.493 e. The van der Waals surface area contributed by atoms with Crippen molar-refractivity contribution in [3.05, 3.63) is 95.1 Å². The molecule has 134 valence electrons. The number of benzene rings is 3. The van der Waals surface area contributed by atoms with E-state index in [1.54, 1.807) is 14.2 Å². The maximum absolute atomic E-state index is 5.52. The fourth-order valence-electron chi connectivity index (χ4n) is 3.28. The Hall–Kier alpha value is -2.74. The lowest BCUT2D eigenvalue weighted by molar-refractivity contribution is 0.354. The highest BCUT2D eigenvalue weighted by molar-refractivity contribution is 5.48. The SMILES string of the molecule is COc1cc(CCc2ccccc2)c(CCc2ccccc2)cc1OC. The van der Waals surface area contributed by atoms with Crippen molar-refractivity contribution in [1.29, 1.82) is 0 Å². The zero-order valence-corrected chi connectivity index (χ0v) is 15.6. The predicted octanol–water partition coefficient (Wildman–Crippen LogP) is 5.27.